The summed E-state index contributed by atoms with van der Waals surface area (Å²) in [6, 6.07) is 22.5. The molecule has 3 aromatic carbocycles. The maximum atomic E-state index is 11.3. The molecule has 2 fully saturated rings. The van der Waals surface area contributed by atoms with Crippen LogP contribution in [0.3, 0.4) is 0 Å². The topological polar surface area (TPSA) is 117 Å². The van der Waals surface area contributed by atoms with E-state index in [1.165, 1.54) is 6.92 Å². The van der Waals surface area contributed by atoms with Gasteiger partial charge in [-0.05, 0) is 28.8 Å². The Morgan fingerprint density at radius 2 is 1.56 bits per heavy atom. The Bertz CT molecular complexity index is 1310. The van der Waals surface area contributed by atoms with Crippen LogP contribution in [0.15, 0.2) is 72.8 Å². The second-order valence-corrected chi connectivity index (χ2v) is 10.6. The second kappa shape index (κ2) is 13.2. The van der Waals surface area contributed by atoms with E-state index < -0.39 is 6.29 Å². The first-order valence-corrected chi connectivity index (χ1v) is 13.9. The molecule has 10 nitrogen and oxygen atoms in total. The zero-order chi connectivity index (χ0) is 28.8. The van der Waals surface area contributed by atoms with Gasteiger partial charge < -0.3 is 24.8 Å². The highest BCUT2D eigenvalue weighted by Crippen LogP contribution is 2.38. The standard InChI is InChI=1S/C31H36N4O6/c1-22(37)32-19-23-2-8-26(9-3-23)31-40-29(18-30(41-31)25-6-4-24(21-36)5-7-25)20-33-14-16-34(17-15-33)27-10-12-28(13-11-27)35(38)39/h2-13,29-31,36H,14-21H2,1H3,(H,32,37)/t29-,30+,31+/m1/s1. The van der Waals surface area contributed by atoms with Crippen molar-refractivity contribution in [2.45, 2.75) is 45.0 Å². The number of carbonyl (C=O) groups is 1. The summed E-state index contributed by atoms with van der Waals surface area (Å²) in [5.41, 5.74) is 4.91. The molecule has 0 aromatic heterocycles. The van der Waals surface area contributed by atoms with Crippen LogP contribution in [0.1, 0.15) is 48.0 Å². The van der Waals surface area contributed by atoms with Gasteiger partial charge in [-0.2, -0.15) is 0 Å². The normalized spacial score (nSPS) is 21.4. The third-order valence-electron chi connectivity index (χ3n) is 7.67. The number of aliphatic hydroxyl groups excluding tert-OH is 1. The van der Waals surface area contributed by atoms with Crippen molar-refractivity contribution in [2.75, 3.05) is 37.6 Å². The zero-order valence-corrected chi connectivity index (χ0v) is 23.1. The Hall–Kier alpha value is -3.83. The fraction of sp³-hybridized carbons (Fsp3) is 0.387. The van der Waals surface area contributed by atoms with E-state index in [1.807, 2.05) is 60.7 Å². The number of non-ortho nitro benzene ring substituents is 1. The second-order valence-electron chi connectivity index (χ2n) is 10.6. The molecule has 2 N–H and O–H groups in total. The van der Waals surface area contributed by atoms with Crippen molar-refractivity contribution in [3.8, 4) is 0 Å². The van der Waals surface area contributed by atoms with Crippen molar-refractivity contribution in [3.05, 3.63) is 105 Å². The van der Waals surface area contributed by atoms with Gasteiger partial charge in [0.25, 0.3) is 5.69 Å². The minimum atomic E-state index is -0.535. The summed E-state index contributed by atoms with van der Waals surface area (Å²) in [6.45, 7) is 6.10. The fourth-order valence-corrected chi connectivity index (χ4v) is 5.31. The number of rotatable bonds is 9. The number of nitrogens with zero attached hydrogens (tertiary/aromatic N) is 3. The van der Waals surface area contributed by atoms with Crippen LogP contribution in [-0.2, 0) is 27.4 Å². The largest absolute Gasteiger partial charge is 0.392 e. The number of nitro benzene ring substituents is 1. The average Bonchev–Trinajstić information content (AvgIpc) is 3.00. The van der Waals surface area contributed by atoms with Gasteiger partial charge in [-0.1, -0.05) is 48.5 Å². The van der Waals surface area contributed by atoms with Crippen LogP contribution in [0.25, 0.3) is 0 Å². The van der Waals surface area contributed by atoms with E-state index in [4.69, 9.17) is 9.47 Å². The Kier molecular flexibility index (Phi) is 9.25. The molecule has 0 saturated carbocycles. The molecule has 10 heteroatoms. The van der Waals surface area contributed by atoms with E-state index in [1.54, 1.807) is 12.1 Å². The number of aliphatic hydroxyl groups is 1. The average molecular weight is 561 g/mol. The number of nitro groups is 1. The van der Waals surface area contributed by atoms with Crippen LogP contribution < -0.4 is 10.2 Å². The van der Waals surface area contributed by atoms with Gasteiger partial charge in [-0.15, -0.1) is 0 Å². The monoisotopic (exact) mass is 560 g/mol. The Labute approximate surface area is 239 Å². The van der Waals surface area contributed by atoms with Crippen LogP contribution in [0.2, 0.25) is 0 Å². The first-order chi connectivity index (χ1) is 19.9. The van der Waals surface area contributed by atoms with Gasteiger partial charge in [0.15, 0.2) is 6.29 Å². The number of anilines is 1. The smallest absolute Gasteiger partial charge is 0.269 e. The number of amides is 1. The predicted octanol–water partition coefficient (Wildman–Crippen LogP) is 4.09. The maximum absolute atomic E-state index is 11.3. The van der Waals surface area contributed by atoms with Crippen molar-refractivity contribution >= 4 is 17.3 Å². The Morgan fingerprint density at radius 1 is 0.927 bits per heavy atom. The Balaban J connectivity index is 1.25. The summed E-state index contributed by atoms with van der Waals surface area (Å²) in [5, 5.41) is 23.3. The predicted molar refractivity (Wildman–Crippen MR) is 154 cm³/mol. The highest BCUT2D eigenvalue weighted by molar-refractivity contribution is 5.72. The quantitative estimate of drug-likeness (QED) is 0.297. The van der Waals surface area contributed by atoms with Crippen molar-refractivity contribution in [1.82, 2.24) is 10.2 Å². The number of hydrogen-bond donors (Lipinski definition) is 2. The van der Waals surface area contributed by atoms with Crippen LogP contribution in [0, 0.1) is 10.1 Å². The molecule has 2 saturated heterocycles. The number of piperazine rings is 1. The molecule has 2 aliphatic heterocycles. The fourth-order valence-electron chi connectivity index (χ4n) is 5.31. The maximum Gasteiger partial charge on any atom is 0.269 e. The van der Waals surface area contributed by atoms with Crippen LogP contribution in [0.5, 0.6) is 0 Å². The van der Waals surface area contributed by atoms with Gasteiger partial charge in [0.2, 0.25) is 5.91 Å². The van der Waals surface area contributed by atoms with Crippen molar-refractivity contribution in [1.29, 1.82) is 0 Å². The molecule has 3 atom stereocenters. The summed E-state index contributed by atoms with van der Waals surface area (Å²) in [5.74, 6) is -0.0699. The summed E-state index contributed by atoms with van der Waals surface area (Å²) >= 11 is 0. The summed E-state index contributed by atoms with van der Waals surface area (Å²) < 4.78 is 13.0. The molecule has 0 spiro atoms. The molecule has 2 aliphatic rings. The molecule has 0 bridgehead atoms. The lowest BCUT2D eigenvalue weighted by atomic mass is 9.99. The highest BCUT2D eigenvalue weighted by Gasteiger charge is 2.33. The molecule has 3 aromatic rings. The third-order valence-corrected chi connectivity index (χ3v) is 7.67. The van der Waals surface area contributed by atoms with Gasteiger partial charge in [0, 0.05) is 76.0 Å². The summed E-state index contributed by atoms with van der Waals surface area (Å²) in [6.07, 6.45) is -0.0429. The minimum absolute atomic E-state index is 0.00312. The third kappa shape index (κ3) is 7.47. The minimum Gasteiger partial charge on any atom is -0.392 e. The van der Waals surface area contributed by atoms with Gasteiger partial charge in [-0.3, -0.25) is 19.8 Å². The molecular formula is C31H36N4O6. The van der Waals surface area contributed by atoms with Gasteiger partial charge in [0.05, 0.1) is 23.7 Å². The number of ether oxygens (including phenoxy) is 2. The molecule has 216 valence electrons. The van der Waals surface area contributed by atoms with Gasteiger partial charge in [-0.25, -0.2) is 0 Å². The van der Waals surface area contributed by atoms with Gasteiger partial charge >= 0.3 is 0 Å². The molecule has 0 radical (unpaired) electrons. The number of benzene rings is 3. The number of carbonyl (C=O) groups excluding carboxylic acids is 1. The molecule has 0 aliphatic carbocycles. The van der Waals surface area contributed by atoms with E-state index in [9.17, 15) is 20.0 Å². The number of hydrogen-bond acceptors (Lipinski definition) is 8. The Morgan fingerprint density at radius 3 is 2.17 bits per heavy atom. The molecule has 0 unspecified atom stereocenters. The molecule has 2 heterocycles. The molecule has 1 amide bonds. The van der Waals surface area contributed by atoms with E-state index in [-0.39, 0.29) is 35.3 Å². The highest BCUT2D eigenvalue weighted by atomic mass is 16.7. The lowest BCUT2D eigenvalue weighted by Gasteiger charge is -2.41. The lowest BCUT2D eigenvalue weighted by molar-refractivity contribution is -0.384. The number of nitrogens with one attached hydrogen (secondary N) is 1. The van der Waals surface area contributed by atoms with Crippen LogP contribution in [0.4, 0.5) is 11.4 Å². The molecule has 41 heavy (non-hydrogen) atoms. The SMILES string of the molecule is CC(=O)NCc1ccc([C@H]2O[C@@H](CN3CCN(c4ccc([N+](=O)[O-])cc4)CC3)C[C@@H](c3ccc(CO)cc3)O2)cc1. The molecule has 5 rings (SSSR count). The van der Waals surface area contributed by atoms with Crippen molar-refractivity contribution < 1.29 is 24.3 Å². The lowest BCUT2D eigenvalue weighted by Crippen LogP contribution is -2.49. The van der Waals surface area contributed by atoms with Gasteiger partial charge in [0.1, 0.15) is 0 Å². The van der Waals surface area contributed by atoms with E-state index >= 15 is 0 Å². The first-order valence-electron chi connectivity index (χ1n) is 13.9. The van der Waals surface area contributed by atoms with Crippen molar-refractivity contribution in [2.24, 2.45) is 0 Å². The summed E-state index contributed by atoms with van der Waals surface area (Å²) in [4.78, 5) is 26.5. The van der Waals surface area contributed by atoms with Crippen molar-refractivity contribution in [3.63, 3.8) is 0 Å². The molecular weight excluding hydrogens is 524 g/mol. The van der Waals surface area contributed by atoms with E-state index in [2.05, 4.69) is 15.1 Å². The van der Waals surface area contributed by atoms with Crippen LogP contribution in [-0.4, -0.2) is 59.7 Å². The van der Waals surface area contributed by atoms with E-state index in [0.717, 1.165) is 60.7 Å². The van der Waals surface area contributed by atoms with E-state index in [0.29, 0.717) is 13.0 Å². The summed E-state index contributed by atoms with van der Waals surface area (Å²) in [7, 11) is 0. The van der Waals surface area contributed by atoms with Crippen LogP contribution >= 0.6 is 0 Å². The zero-order valence-electron chi connectivity index (χ0n) is 23.1. The first kappa shape index (κ1) is 28.7.